The maximum Gasteiger partial charge on any atom is 0.410 e. The zero-order valence-electron chi connectivity index (χ0n) is 13.1. The van der Waals surface area contributed by atoms with Crippen molar-refractivity contribution in [1.82, 2.24) is 10.2 Å². The molecule has 1 saturated heterocycles. The van der Waals surface area contributed by atoms with Gasteiger partial charge in [-0.25, -0.2) is 4.79 Å². The first-order valence-electron chi connectivity index (χ1n) is 7.24. The second-order valence-corrected chi connectivity index (χ2v) is 6.60. The van der Waals surface area contributed by atoms with E-state index in [-0.39, 0.29) is 12.1 Å². The maximum absolute atomic E-state index is 11.8. The molecule has 1 amide bonds. The third kappa shape index (κ3) is 4.36. The molecule has 116 valence electrons. The van der Waals surface area contributed by atoms with Crippen molar-refractivity contribution < 1.29 is 14.6 Å². The summed E-state index contributed by atoms with van der Waals surface area (Å²) in [6, 6.07) is 5.80. The third-order valence-corrected chi connectivity index (χ3v) is 3.35. The maximum atomic E-state index is 11.8. The van der Waals surface area contributed by atoms with Gasteiger partial charge in [0, 0.05) is 31.2 Å². The normalized spacial score (nSPS) is 15.7. The van der Waals surface area contributed by atoms with Gasteiger partial charge in [-0.15, -0.1) is 0 Å². The van der Waals surface area contributed by atoms with Gasteiger partial charge >= 0.3 is 6.09 Å². The van der Waals surface area contributed by atoms with Crippen molar-refractivity contribution in [3.8, 4) is 5.75 Å². The first-order valence-corrected chi connectivity index (χ1v) is 7.24. The lowest BCUT2D eigenvalue weighted by Gasteiger charge is -2.40. The van der Waals surface area contributed by atoms with Gasteiger partial charge in [-0.05, 0) is 33.8 Å². The quantitative estimate of drug-likeness (QED) is 0.898. The highest BCUT2D eigenvalue weighted by Gasteiger charge is 2.33. The predicted octanol–water partition coefficient (Wildman–Crippen LogP) is 2.41. The van der Waals surface area contributed by atoms with Gasteiger partial charge in [-0.3, -0.25) is 0 Å². The molecule has 1 fully saturated rings. The van der Waals surface area contributed by atoms with Gasteiger partial charge < -0.3 is 20.1 Å². The minimum absolute atomic E-state index is 0.248. The molecule has 0 atom stereocenters. The van der Waals surface area contributed by atoms with Crippen molar-refractivity contribution in [2.24, 2.45) is 0 Å². The van der Waals surface area contributed by atoms with E-state index in [2.05, 4.69) is 5.32 Å². The smallest absolute Gasteiger partial charge is 0.410 e. The summed E-state index contributed by atoms with van der Waals surface area (Å²) in [7, 11) is 0. The number of hydrogen-bond acceptors (Lipinski definition) is 4. The van der Waals surface area contributed by atoms with Crippen LogP contribution in [0.15, 0.2) is 18.2 Å². The number of phenolic OH excluding ortho intramolecular Hbond substituents is 1. The van der Waals surface area contributed by atoms with Crippen molar-refractivity contribution in [2.75, 3.05) is 13.1 Å². The van der Waals surface area contributed by atoms with Crippen LogP contribution in [0.5, 0.6) is 5.75 Å². The summed E-state index contributed by atoms with van der Waals surface area (Å²) in [6.07, 6.45) is -0.265. The van der Waals surface area contributed by atoms with Crippen molar-refractivity contribution in [1.29, 1.82) is 0 Å². The standard InChI is InChI=1S/C16H24N2O3/c1-11-5-6-14(19)12(7-11)8-17-13-9-18(10-13)15(20)21-16(2,3)4/h5-7,13,17,19H,8-10H2,1-4H3. The molecule has 0 unspecified atom stereocenters. The fraction of sp³-hybridized carbons (Fsp3) is 0.562. The number of hydrogen-bond donors (Lipinski definition) is 2. The highest BCUT2D eigenvalue weighted by molar-refractivity contribution is 5.69. The van der Waals surface area contributed by atoms with E-state index in [1.165, 1.54) is 0 Å². The summed E-state index contributed by atoms with van der Waals surface area (Å²) in [5, 5.41) is 13.1. The Bertz CT molecular complexity index is 517. The fourth-order valence-corrected chi connectivity index (χ4v) is 2.19. The van der Waals surface area contributed by atoms with E-state index in [0.29, 0.717) is 25.4 Å². The van der Waals surface area contributed by atoms with Gasteiger partial charge in [0.2, 0.25) is 0 Å². The fourth-order valence-electron chi connectivity index (χ4n) is 2.19. The molecule has 0 radical (unpaired) electrons. The Labute approximate surface area is 125 Å². The van der Waals surface area contributed by atoms with Crippen LogP contribution in [-0.4, -0.2) is 40.8 Å². The molecular weight excluding hydrogens is 268 g/mol. The molecule has 1 aromatic carbocycles. The number of amides is 1. The van der Waals surface area contributed by atoms with Crippen LogP contribution in [0.3, 0.4) is 0 Å². The highest BCUT2D eigenvalue weighted by Crippen LogP contribution is 2.19. The largest absolute Gasteiger partial charge is 0.508 e. The molecule has 5 heteroatoms. The van der Waals surface area contributed by atoms with Crippen LogP contribution in [0.4, 0.5) is 4.79 Å². The monoisotopic (exact) mass is 292 g/mol. The lowest BCUT2D eigenvalue weighted by Crippen LogP contribution is -2.60. The van der Waals surface area contributed by atoms with E-state index < -0.39 is 5.60 Å². The lowest BCUT2D eigenvalue weighted by atomic mass is 10.1. The van der Waals surface area contributed by atoms with Crippen LogP contribution in [-0.2, 0) is 11.3 Å². The molecule has 5 nitrogen and oxygen atoms in total. The van der Waals surface area contributed by atoms with E-state index in [9.17, 15) is 9.90 Å². The number of likely N-dealkylation sites (tertiary alicyclic amines) is 1. The Kier molecular flexibility index (Phi) is 4.42. The molecule has 0 spiro atoms. The van der Waals surface area contributed by atoms with E-state index in [1.807, 2.05) is 39.8 Å². The van der Waals surface area contributed by atoms with Gasteiger partial charge in [0.1, 0.15) is 11.4 Å². The topological polar surface area (TPSA) is 61.8 Å². The zero-order chi connectivity index (χ0) is 15.6. The minimum atomic E-state index is -0.455. The Morgan fingerprint density at radius 2 is 2.10 bits per heavy atom. The molecule has 1 aliphatic rings. The van der Waals surface area contributed by atoms with Crippen molar-refractivity contribution in [2.45, 2.75) is 45.9 Å². The molecular formula is C16H24N2O3. The number of phenols is 1. The average Bonchev–Trinajstić information content (AvgIpc) is 2.29. The average molecular weight is 292 g/mol. The number of carbonyl (C=O) groups is 1. The van der Waals surface area contributed by atoms with Crippen LogP contribution < -0.4 is 5.32 Å². The summed E-state index contributed by atoms with van der Waals surface area (Å²) in [4.78, 5) is 13.5. The SMILES string of the molecule is Cc1ccc(O)c(CNC2CN(C(=O)OC(C)(C)C)C2)c1. The molecule has 21 heavy (non-hydrogen) atoms. The Hall–Kier alpha value is -1.75. The number of aryl methyl sites for hydroxylation is 1. The van der Waals surface area contributed by atoms with Gasteiger partial charge in [0.25, 0.3) is 0 Å². The first kappa shape index (κ1) is 15.6. The second-order valence-electron chi connectivity index (χ2n) is 6.60. The van der Waals surface area contributed by atoms with Gasteiger partial charge in [-0.2, -0.15) is 0 Å². The summed E-state index contributed by atoms with van der Waals surface area (Å²) < 4.78 is 5.31. The molecule has 1 aliphatic heterocycles. The van der Waals surface area contributed by atoms with Crippen LogP contribution in [0.2, 0.25) is 0 Å². The third-order valence-electron chi connectivity index (χ3n) is 3.35. The zero-order valence-corrected chi connectivity index (χ0v) is 13.1. The summed E-state index contributed by atoms with van der Waals surface area (Å²) in [6.45, 7) is 9.46. The number of nitrogens with one attached hydrogen (secondary N) is 1. The van der Waals surface area contributed by atoms with Crippen molar-refractivity contribution >= 4 is 6.09 Å². The van der Waals surface area contributed by atoms with E-state index in [0.717, 1.165) is 11.1 Å². The molecule has 1 aromatic rings. The highest BCUT2D eigenvalue weighted by atomic mass is 16.6. The summed E-state index contributed by atoms with van der Waals surface area (Å²) in [5.74, 6) is 0.302. The van der Waals surface area contributed by atoms with Crippen LogP contribution in [0.1, 0.15) is 31.9 Å². The van der Waals surface area contributed by atoms with Gasteiger partial charge in [0.05, 0.1) is 0 Å². The van der Waals surface area contributed by atoms with Crippen LogP contribution >= 0.6 is 0 Å². The number of carbonyl (C=O) groups excluding carboxylic acids is 1. The van der Waals surface area contributed by atoms with E-state index in [4.69, 9.17) is 4.74 Å². The first-order chi connectivity index (χ1) is 9.74. The summed E-state index contributed by atoms with van der Waals surface area (Å²) in [5.41, 5.74) is 1.54. The molecule has 2 rings (SSSR count). The van der Waals surface area contributed by atoms with E-state index in [1.54, 1.807) is 11.0 Å². The molecule has 0 aromatic heterocycles. The van der Waals surface area contributed by atoms with Crippen molar-refractivity contribution in [3.63, 3.8) is 0 Å². The predicted molar refractivity (Wildman–Crippen MR) is 81.3 cm³/mol. The molecule has 0 bridgehead atoms. The van der Waals surface area contributed by atoms with Crippen LogP contribution in [0, 0.1) is 6.92 Å². The Morgan fingerprint density at radius 3 is 2.71 bits per heavy atom. The number of rotatable bonds is 3. The van der Waals surface area contributed by atoms with Gasteiger partial charge in [-0.1, -0.05) is 17.7 Å². The summed E-state index contributed by atoms with van der Waals surface area (Å²) >= 11 is 0. The lowest BCUT2D eigenvalue weighted by molar-refractivity contribution is 0.00516. The van der Waals surface area contributed by atoms with Gasteiger partial charge in [0.15, 0.2) is 0 Å². The number of ether oxygens (including phenoxy) is 1. The van der Waals surface area contributed by atoms with Crippen molar-refractivity contribution in [3.05, 3.63) is 29.3 Å². The molecule has 0 saturated carbocycles. The minimum Gasteiger partial charge on any atom is -0.508 e. The number of aromatic hydroxyl groups is 1. The van der Waals surface area contributed by atoms with Crippen LogP contribution in [0.25, 0.3) is 0 Å². The number of nitrogens with zero attached hydrogens (tertiary/aromatic N) is 1. The van der Waals surface area contributed by atoms with E-state index >= 15 is 0 Å². The molecule has 0 aliphatic carbocycles. The molecule has 2 N–H and O–H groups in total. The number of benzene rings is 1. The Morgan fingerprint density at radius 1 is 1.43 bits per heavy atom. The molecule has 1 heterocycles. The Balaban J connectivity index is 1.76. The second kappa shape index (κ2) is 5.93.